The van der Waals surface area contributed by atoms with Crippen LogP contribution in [0.1, 0.15) is 37.8 Å². The monoisotopic (exact) mass is 537 g/mol. The molecule has 2 amide bonds. The molecule has 0 heterocycles. The van der Waals surface area contributed by atoms with Crippen molar-refractivity contribution in [3.63, 3.8) is 0 Å². The number of hydrogen-bond donors (Lipinski definition) is 1. The fourth-order valence-corrected chi connectivity index (χ4v) is 4.65. The zero-order valence-corrected chi connectivity index (χ0v) is 21.9. The van der Waals surface area contributed by atoms with Crippen LogP contribution in [0.15, 0.2) is 53.0 Å². The molecule has 7 nitrogen and oxygen atoms in total. The summed E-state index contributed by atoms with van der Waals surface area (Å²) < 4.78 is 26.9. The highest BCUT2D eigenvalue weighted by molar-refractivity contribution is 9.10. The van der Waals surface area contributed by atoms with Gasteiger partial charge in [0.1, 0.15) is 12.6 Å². The van der Waals surface area contributed by atoms with Crippen LogP contribution in [0.3, 0.4) is 0 Å². The first-order valence-electron chi connectivity index (χ1n) is 10.9. The molecule has 0 unspecified atom stereocenters. The van der Waals surface area contributed by atoms with Gasteiger partial charge in [-0.05, 0) is 43.5 Å². The molecular weight excluding hydrogens is 506 g/mol. The quantitative estimate of drug-likeness (QED) is 0.471. The van der Waals surface area contributed by atoms with Crippen LogP contribution in [0, 0.1) is 6.92 Å². The van der Waals surface area contributed by atoms with Crippen molar-refractivity contribution in [3.05, 3.63) is 64.1 Å². The van der Waals surface area contributed by atoms with E-state index in [2.05, 4.69) is 21.2 Å². The Labute approximate surface area is 205 Å². The van der Waals surface area contributed by atoms with Gasteiger partial charge in [-0.2, -0.15) is 0 Å². The topological polar surface area (TPSA) is 86.8 Å². The van der Waals surface area contributed by atoms with E-state index in [9.17, 15) is 18.0 Å². The summed E-state index contributed by atoms with van der Waals surface area (Å²) in [5, 5.41) is 2.87. The number of halogens is 1. The summed E-state index contributed by atoms with van der Waals surface area (Å²) in [7, 11) is -3.74. The van der Waals surface area contributed by atoms with Gasteiger partial charge in [0.05, 0.1) is 11.9 Å². The van der Waals surface area contributed by atoms with Gasteiger partial charge < -0.3 is 10.2 Å². The maximum atomic E-state index is 13.5. The molecule has 0 bridgehead atoms. The average Bonchev–Trinajstić information content (AvgIpc) is 2.76. The van der Waals surface area contributed by atoms with Crippen LogP contribution >= 0.6 is 15.9 Å². The molecule has 0 saturated heterocycles. The fourth-order valence-electron chi connectivity index (χ4n) is 3.42. The van der Waals surface area contributed by atoms with E-state index in [1.54, 1.807) is 24.3 Å². The highest BCUT2D eigenvalue weighted by Crippen LogP contribution is 2.23. The highest BCUT2D eigenvalue weighted by atomic mass is 79.9. The maximum Gasteiger partial charge on any atom is 0.244 e. The number of amides is 2. The molecule has 0 aliphatic rings. The van der Waals surface area contributed by atoms with Crippen molar-refractivity contribution in [3.8, 4) is 0 Å². The number of anilines is 1. The van der Waals surface area contributed by atoms with Gasteiger partial charge in [-0.1, -0.05) is 65.7 Å². The molecule has 0 saturated carbocycles. The summed E-state index contributed by atoms with van der Waals surface area (Å²) in [4.78, 5) is 27.9. The lowest BCUT2D eigenvalue weighted by Crippen LogP contribution is -2.52. The third kappa shape index (κ3) is 7.85. The molecular formula is C24H32BrN3O4S. The second kappa shape index (κ2) is 12.2. The van der Waals surface area contributed by atoms with E-state index >= 15 is 0 Å². The first kappa shape index (κ1) is 26.9. The van der Waals surface area contributed by atoms with E-state index in [-0.39, 0.29) is 12.5 Å². The number of aryl methyl sites for hydroxylation is 1. The summed E-state index contributed by atoms with van der Waals surface area (Å²) in [5.74, 6) is -0.687. The Kier molecular flexibility index (Phi) is 9.91. The Bertz CT molecular complexity index is 1060. The van der Waals surface area contributed by atoms with Crippen molar-refractivity contribution in [2.75, 3.05) is 23.7 Å². The Hall–Kier alpha value is -2.39. The van der Waals surface area contributed by atoms with E-state index in [0.717, 1.165) is 28.1 Å². The number of nitrogens with zero attached hydrogens (tertiary/aromatic N) is 2. The maximum absolute atomic E-state index is 13.5. The zero-order valence-electron chi connectivity index (χ0n) is 19.5. The van der Waals surface area contributed by atoms with E-state index in [4.69, 9.17) is 0 Å². The third-order valence-electron chi connectivity index (χ3n) is 5.18. The molecule has 0 aromatic heterocycles. The Morgan fingerprint density at radius 2 is 1.76 bits per heavy atom. The number of carbonyl (C=O) groups excluding carboxylic acids is 2. The summed E-state index contributed by atoms with van der Waals surface area (Å²) in [6.07, 6.45) is 2.25. The minimum absolute atomic E-state index is 0.202. The number of rotatable bonds is 11. The second-order valence-electron chi connectivity index (χ2n) is 7.97. The molecule has 1 atom stereocenters. The van der Waals surface area contributed by atoms with Gasteiger partial charge in [0.2, 0.25) is 21.8 Å². The van der Waals surface area contributed by atoms with Gasteiger partial charge >= 0.3 is 0 Å². The van der Waals surface area contributed by atoms with E-state index in [0.29, 0.717) is 23.1 Å². The summed E-state index contributed by atoms with van der Waals surface area (Å²) in [6, 6.07) is 13.8. The van der Waals surface area contributed by atoms with Gasteiger partial charge in [-0.25, -0.2) is 8.42 Å². The largest absolute Gasteiger partial charge is 0.354 e. The lowest BCUT2D eigenvalue weighted by molar-refractivity contribution is -0.140. The predicted molar refractivity (Wildman–Crippen MR) is 135 cm³/mol. The van der Waals surface area contributed by atoms with Gasteiger partial charge in [0, 0.05) is 17.6 Å². The lowest BCUT2D eigenvalue weighted by atomic mass is 10.1. The van der Waals surface area contributed by atoms with Crippen LogP contribution in [0.4, 0.5) is 5.69 Å². The first-order chi connectivity index (χ1) is 15.6. The smallest absolute Gasteiger partial charge is 0.244 e. The SMILES string of the molecule is CCCNC(=O)[C@H](CC)N(Cc1ccc(C)cc1)C(=O)CN(c1cccc(Br)c1)S(C)(=O)=O. The van der Waals surface area contributed by atoms with Gasteiger partial charge in [-0.15, -0.1) is 0 Å². The molecule has 2 rings (SSSR count). The Balaban J connectivity index is 2.41. The minimum atomic E-state index is -3.74. The lowest BCUT2D eigenvalue weighted by Gasteiger charge is -2.33. The van der Waals surface area contributed by atoms with Crippen LogP contribution < -0.4 is 9.62 Å². The number of sulfonamides is 1. The molecule has 2 aromatic rings. The van der Waals surface area contributed by atoms with Gasteiger partial charge in [-0.3, -0.25) is 13.9 Å². The summed E-state index contributed by atoms with van der Waals surface area (Å²) in [5.41, 5.74) is 2.32. The van der Waals surface area contributed by atoms with Crippen molar-refractivity contribution >= 4 is 43.5 Å². The Morgan fingerprint density at radius 1 is 1.09 bits per heavy atom. The second-order valence-corrected chi connectivity index (χ2v) is 10.8. The van der Waals surface area contributed by atoms with Gasteiger partial charge in [0.25, 0.3) is 0 Å². The number of hydrogen-bond acceptors (Lipinski definition) is 4. The zero-order chi connectivity index (χ0) is 24.6. The molecule has 0 aliphatic heterocycles. The Morgan fingerprint density at radius 3 is 2.30 bits per heavy atom. The van der Waals surface area contributed by atoms with Crippen LogP contribution in [-0.2, 0) is 26.2 Å². The van der Waals surface area contributed by atoms with Crippen molar-refractivity contribution < 1.29 is 18.0 Å². The summed E-state index contributed by atoms with van der Waals surface area (Å²) in [6.45, 7) is 6.08. The molecule has 0 aliphatic carbocycles. The van der Waals surface area contributed by atoms with E-state index < -0.39 is 28.5 Å². The summed E-state index contributed by atoms with van der Waals surface area (Å²) >= 11 is 3.35. The molecule has 180 valence electrons. The molecule has 0 spiro atoms. The van der Waals surface area contributed by atoms with Crippen molar-refractivity contribution in [2.45, 2.75) is 46.2 Å². The minimum Gasteiger partial charge on any atom is -0.354 e. The number of carbonyl (C=O) groups is 2. The van der Waals surface area contributed by atoms with Crippen LogP contribution in [0.2, 0.25) is 0 Å². The van der Waals surface area contributed by atoms with Crippen molar-refractivity contribution in [2.24, 2.45) is 0 Å². The van der Waals surface area contributed by atoms with E-state index in [1.807, 2.05) is 45.0 Å². The predicted octanol–water partition coefficient (Wildman–Crippen LogP) is 3.86. The molecule has 9 heteroatoms. The molecule has 1 N–H and O–H groups in total. The average molecular weight is 539 g/mol. The van der Waals surface area contributed by atoms with Crippen LogP contribution in [0.5, 0.6) is 0 Å². The fraction of sp³-hybridized carbons (Fsp3) is 0.417. The molecule has 2 aromatic carbocycles. The number of benzene rings is 2. The van der Waals surface area contributed by atoms with Crippen LogP contribution in [0.25, 0.3) is 0 Å². The van der Waals surface area contributed by atoms with Crippen molar-refractivity contribution in [1.29, 1.82) is 0 Å². The normalized spacial score (nSPS) is 12.2. The van der Waals surface area contributed by atoms with E-state index in [1.165, 1.54) is 4.90 Å². The highest BCUT2D eigenvalue weighted by Gasteiger charge is 2.31. The third-order valence-corrected chi connectivity index (χ3v) is 6.82. The van der Waals surface area contributed by atoms with Crippen molar-refractivity contribution in [1.82, 2.24) is 10.2 Å². The van der Waals surface area contributed by atoms with Gasteiger partial charge in [0.15, 0.2) is 0 Å². The molecule has 0 radical (unpaired) electrons. The van der Waals surface area contributed by atoms with Crippen LogP contribution in [-0.4, -0.2) is 50.5 Å². The molecule has 33 heavy (non-hydrogen) atoms. The first-order valence-corrected chi connectivity index (χ1v) is 13.6. The number of nitrogens with one attached hydrogen (secondary N) is 1. The standard InChI is InChI=1S/C24H32BrN3O4S/c1-5-14-26-24(30)22(6-2)27(16-19-12-10-18(3)11-13-19)23(29)17-28(33(4,31)32)21-9-7-8-20(25)15-21/h7-13,15,22H,5-6,14,16-17H2,1-4H3,(H,26,30)/t22-/m0/s1. The molecule has 0 fully saturated rings.